The molecule has 0 radical (unpaired) electrons. The zero-order valence-electron chi connectivity index (χ0n) is 27.3. The summed E-state index contributed by atoms with van der Waals surface area (Å²) in [6.07, 6.45) is 1.71. The lowest BCUT2D eigenvalue weighted by molar-refractivity contribution is 0.102. The average Bonchev–Trinajstić information content (AvgIpc) is 3.01. The van der Waals surface area contributed by atoms with E-state index in [1.54, 1.807) is 13.2 Å². The fourth-order valence-corrected chi connectivity index (χ4v) is 5.64. The van der Waals surface area contributed by atoms with Crippen LogP contribution in [0.4, 0.5) is 22.9 Å². The van der Waals surface area contributed by atoms with Crippen LogP contribution in [0, 0.1) is 6.92 Å². The number of hydrogen-bond donors (Lipinski definition) is 3. The Balaban J connectivity index is 1.33. The second-order valence-corrected chi connectivity index (χ2v) is 12.9. The Morgan fingerprint density at radius 1 is 0.978 bits per heavy atom. The molecule has 0 saturated carbocycles. The molecule has 45 heavy (non-hydrogen) atoms. The third-order valence-electron chi connectivity index (χ3n) is 8.66. The van der Waals surface area contributed by atoms with Crippen LogP contribution >= 0.6 is 0 Å². The molecular formula is C36H45N7O2. The summed E-state index contributed by atoms with van der Waals surface area (Å²) >= 11 is 0. The fraction of sp³-hybridized carbons (Fsp3) is 0.361. The number of nitrogens with zero attached hydrogens (tertiary/aromatic N) is 4. The summed E-state index contributed by atoms with van der Waals surface area (Å²) in [5.74, 6) is 0.0151. The Labute approximate surface area is 266 Å². The molecule has 1 fully saturated rings. The minimum absolute atomic E-state index is 0.0106. The first-order valence-electron chi connectivity index (χ1n) is 15.6. The van der Waals surface area contributed by atoms with Gasteiger partial charge in [-0.1, -0.05) is 58.0 Å². The Bertz CT molecular complexity index is 1730. The highest BCUT2D eigenvalue weighted by Crippen LogP contribution is 2.29. The number of amides is 1. The Morgan fingerprint density at radius 2 is 1.67 bits per heavy atom. The van der Waals surface area contributed by atoms with Crippen LogP contribution in [-0.2, 0) is 19.0 Å². The predicted octanol–water partition coefficient (Wildman–Crippen LogP) is 5.77. The highest BCUT2D eigenvalue weighted by molar-refractivity contribution is 6.05. The number of carbonyl (C=O) groups is 1. The number of carbonyl (C=O) groups excluding carboxylic acids is 1. The van der Waals surface area contributed by atoms with E-state index in [2.05, 4.69) is 48.1 Å². The maximum Gasteiger partial charge on any atom is 0.293 e. The first-order chi connectivity index (χ1) is 21.4. The fourth-order valence-electron chi connectivity index (χ4n) is 5.64. The van der Waals surface area contributed by atoms with Gasteiger partial charge in [-0.05, 0) is 65.9 Å². The molecule has 5 rings (SSSR count). The van der Waals surface area contributed by atoms with Gasteiger partial charge >= 0.3 is 0 Å². The van der Waals surface area contributed by atoms with Gasteiger partial charge in [-0.2, -0.15) is 0 Å². The minimum atomic E-state index is -0.254. The van der Waals surface area contributed by atoms with Crippen molar-refractivity contribution >= 4 is 28.8 Å². The summed E-state index contributed by atoms with van der Waals surface area (Å²) in [4.78, 5) is 35.8. The number of nitrogen functional groups attached to an aromatic ring is 1. The van der Waals surface area contributed by atoms with Crippen molar-refractivity contribution in [2.75, 3.05) is 49.1 Å². The molecule has 0 spiro atoms. The molecule has 1 saturated heterocycles. The molecule has 9 nitrogen and oxygen atoms in total. The number of nitrogens with two attached hydrogens (primary N) is 1. The van der Waals surface area contributed by atoms with E-state index >= 15 is 0 Å². The third-order valence-corrected chi connectivity index (χ3v) is 8.66. The number of anilines is 4. The molecule has 1 aromatic heterocycles. The van der Waals surface area contributed by atoms with Crippen LogP contribution in [0.2, 0.25) is 0 Å². The third kappa shape index (κ3) is 7.44. The van der Waals surface area contributed by atoms with Crippen LogP contribution in [0.25, 0.3) is 11.3 Å². The molecular weight excluding hydrogens is 562 g/mol. The molecule has 0 unspecified atom stereocenters. The van der Waals surface area contributed by atoms with Crippen LogP contribution in [0.3, 0.4) is 0 Å². The average molecular weight is 608 g/mol. The summed E-state index contributed by atoms with van der Waals surface area (Å²) < 4.78 is 1.51. The Kier molecular flexibility index (Phi) is 9.41. The van der Waals surface area contributed by atoms with Crippen LogP contribution in [-0.4, -0.2) is 58.0 Å². The van der Waals surface area contributed by atoms with Crippen LogP contribution < -0.4 is 21.9 Å². The van der Waals surface area contributed by atoms with Gasteiger partial charge in [0, 0.05) is 74.2 Å². The lowest BCUT2D eigenvalue weighted by Crippen LogP contribution is -2.45. The standard InChI is InChI=1S/C36H45N7O2/c1-7-42-17-19-43(20-18-42)22-26-13-16-28(21-30(26)37)38-33-35(45)41(6)23-32(39-33)29-9-8-10-31(24(29)2)40-34(44)25-11-14-27(15-12-25)36(3,4)5/h8-16,21,23H,7,17-20,22,37H2,1-6H3,(H,38,39)(H,40,44). The quantitative estimate of drug-likeness (QED) is 0.218. The van der Waals surface area contributed by atoms with Crippen molar-refractivity contribution in [1.82, 2.24) is 19.4 Å². The van der Waals surface area contributed by atoms with E-state index in [9.17, 15) is 9.59 Å². The van der Waals surface area contributed by atoms with E-state index in [0.29, 0.717) is 28.3 Å². The minimum Gasteiger partial charge on any atom is -0.398 e. The van der Waals surface area contributed by atoms with Gasteiger partial charge in [-0.15, -0.1) is 0 Å². The predicted molar refractivity (Wildman–Crippen MR) is 184 cm³/mol. The van der Waals surface area contributed by atoms with E-state index < -0.39 is 0 Å². The summed E-state index contributed by atoms with van der Waals surface area (Å²) in [6, 6.07) is 19.2. The lowest BCUT2D eigenvalue weighted by Gasteiger charge is -2.34. The van der Waals surface area contributed by atoms with Gasteiger partial charge in [0.25, 0.3) is 11.5 Å². The molecule has 1 aliphatic heterocycles. The molecule has 0 bridgehead atoms. The van der Waals surface area contributed by atoms with Gasteiger partial charge in [0.1, 0.15) is 0 Å². The van der Waals surface area contributed by atoms with E-state index in [1.165, 1.54) is 10.1 Å². The summed E-state index contributed by atoms with van der Waals surface area (Å²) in [7, 11) is 1.71. The maximum absolute atomic E-state index is 13.1. The van der Waals surface area contributed by atoms with Crippen LogP contribution in [0.15, 0.2) is 71.7 Å². The van der Waals surface area contributed by atoms with Crippen molar-refractivity contribution < 1.29 is 4.79 Å². The zero-order valence-corrected chi connectivity index (χ0v) is 27.3. The Morgan fingerprint density at radius 3 is 2.31 bits per heavy atom. The normalized spacial score (nSPS) is 14.4. The molecule has 2 heterocycles. The van der Waals surface area contributed by atoms with Gasteiger partial charge in [-0.25, -0.2) is 4.98 Å². The molecule has 4 N–H and O–H groups in total. The van der Waals surface area contributed by atoms with E-state index in [4.69, 9.17) is 10.7 Å². The van der Waals surface area contributed by atoms with Crippen LogP contribution in [0.5, 0.6) is 0 Å². The Hall–Kier alpha value is -4.47. The smallest absolute Gasteiger partial charge is 0.293 e. The van der Waals surface area contributed by atoms with Crippen LogP contribution in [0.1, 0.15) is 54.7 Å². The van der Waals surface area contributed by atoms with Crippen molar-refractivity contribution in [3.8, 4) is 11.3 Å². The van der Waals surface area contributed by atoms with Crippen molar-refractivity contribution in [3.63, 3.8) is 0 Å². The maximum atomic E-state index is 13.1. The lowest BCUT2D eigenvalue weighted by atomic mass is 9.86. The first kappa shape index (κ1) is 31.9. The number of nitrogens with one attached hydrogen (secondary N) is 2. The molecule has 9 heteroatoms. The monoisotopic (exact) mass is 607 g/mol. The van der Waals surface area contributed by atoms with Crippen molar-refractivity contribution in [2.24, 2.45) is 7.05 Å². The highest BCUT2D eigenvalue weighted by atomic mass is 16.1. The number of aromatic nitrogens is 2. The van der Waals surface area contributed by atoms with Gasteiger partial charge in [0.05, 0.1) is 5.69 Å². The van der Waals surface area contributed by atoms with E-state index in [1.807, 2.05) is 67.6 Å². The van der Waals surface area contributed by atoms with E-state index in [0.717, 1.165) is 56.0 Å². The second kappa shape index (κ2) is 13.3. The van der Waals surface area contributed by atoms with Crippen molar-refractivity contribution in [2.45, 2.75) is 46.6 Å². The molecule has 0 atom stereocenters. The highest BCUT2D eigenvalue weighted by Gasteiger charge is 2.18. The molecule has 1 amide bonds. The molecule has 0 aliphatic carbocycles. The number of aryl methyl sites for hydroxylation is 1. The number of benzene rings is 3. The van der Waals surface area contributed by atoms with Gasteiger partial charge in [-0.3, -0.25) is 14.5 Å². The van der Waals surface area contributed by atoms with Gasteiger partial charge in [0.15, 0.2) is 5.82 Å². The zero-order chi connectivity index (χ0) is 32.3. The molecule has 1 aliphatic rings. The van der Waals surface area contributed by atoms with Gasteiger partial charge < -0.3 is 25.8 Å². The largest absolute Gasteiger partial charge is 0.398 e. The summed E-state index contributed by atoms with van der Waals surface area (Å²) in [5, 5.41) is 6.25. The second-order valence-electron chi connectivity index (χ2n) is 12.9. The van der Waals surface area contributed by atoms with Crippen molar-refractivity contribution in [3.05, 3.63) is 99.5 Å². The molecule has 236 valence electrons. The topological polar surface area (TPSA) is 109 Å². The van der Waals surface area contributed by atoms with Crippen molar-refractivity contribution in [1.29, 1.82) is 0 Å². The number of piperazine rings is 1. The molecule has 3 aromatic carbocycles. The molecule has 4 aromatic rings. The number of hydrogen-bond acceptors (Lipinski definition) is 7. The number of rotatable bonds is 8. The van der Waals surface area contributed by atoms with Gasteiger partial charge in [0.2, 0.25) is 0 Å². The summed E-state index contributed by atoms with van der Waals surface area (Å²) in [5.41, 5.74) is 13.4. The first-order valence-corrected chi connectivity index (χ1v) is 15.6. The van der Waals surface area contributed by atoms with E-state index in [-0.39, 0.29) is 22.7 Å². The summed E-state index contributed by atoms with van der Waals surface area (Å²) in [6.45, 7) is 16.6. The SMILES string of the molecule is CCN1CCN(Cc2ccc(Nc3nc(-c4cccc(NC(=O)c5ccc(C(C)(C)C)cc5)c4C)cn(C)c3=O)cc2N)CC1. The number of likely N-dealkylation sites (N-methyl/N-ethyl adjacent to an activating group) is 1.